The van der Waals surface area contributed by atoms with E-state index in [2.05, 4.69) is 30.6 Å². The molecule has 0 aliphatic carbocycles. The molecule has 0 radical (unpaired) electrons. The Balaban J connectivity index is 1.49. The summed E-state index contributed by atoms with van der Waals surface area (Å²) in [6.07, 6.45) is 1.78. The number of hydrogen-bond donors (Lipinski definition) is 2. The van der Waals surface area contributed by atoms with Crippen LogP contribution in [0.4, 0.5) is 0 Å². The zero-order chi connectivity index (χ0) is 17.8. The summed E-state index contributed by atoms with van der Waals surface area (Å²) in [5, 5.41) is 13.6. The summed E-state index contributed by atoms with van der Waals surface area (Å²) in [6.45, 7) is 3.51. The van der Waals surface area contributed by atoms with Crippen LogP contribution in [0.25, 0.3) is 11.0 Å². The highest BCUT2D eigenvalue weighted by atomic mass is 16.5. The average molecular weight is 352 g/mol. The number of aromatic amines is 1. The van der Waals surface area contributed by atoms with Gasteiger partial charge in [-0.1, -0.05) is 6.07 Å². The van der Waals surface area contributed by atoms with Crippen LogP contribution in [0.15, 0.2) is 42.6 Å². The van der Waals surface area contributed by atoms with Gasteiger partial charge in [-0.05, 0) is 30.3 Å². The lowest BCUT2D eigenvalue weighted by Gasteiger charge is -2.34. The number of hydrogen-bond acceptors (Lipinski definition) is 6. The van der Waals surface area contributed by atoms with Crippen molar-refractivity contribution in [1.29, 1.82) is 0 Å². The lowest BCUT2D eigenvalue weighted by atomic mass is 10.1. The van der Waals surface area contributed by atoms with Crippen LogP contribution in [-0.2, 0) is 4.74 Å². The Hall–Kier alpha value is -2.84. The molecule has 2 N–H and O–H groups in total. The third-order valence-corrected chi connectivity index (χ3v) is 4.55. The standard InChI is InChI=1S/C18H20N6O2/c25-18(13-4-5-14-16(11-13)22-23-21-14)20-12-17(15-3-1-2-6-19-15)24-7-9-26-10-8-24/h1-6,11,17H,7-10,12H2,(H,20,25)(H,21,22,23)/t17-/m1/s1. The lowest BCUT2D eigenvalue weighted by molar-refractivity contribution is 0.0154. The summed E-state index contributed by atoms with van der Waals surface area (Å²) >= 11 is 0. The molecule has 0 spiro atoms. The number of nitrogens with zero attached hydrogens (tertiary/aromatic N) is 4. The Morgan fingerprint density at radius 2 is 2.04 bits per heavy atom. The molecule has 1 fully saturated rings. The van der Waals surface area contributed by atoms with Crippen molar-refractivity contribution in [3.05, 3.63) is 53.9 Å². The van der Waals surface area contributed by atoms with E-state index < -0.39 is 0 Å². The van der Waals surface area contributed by atoms with Crippen LogP contribution in [-0.4, -0.2) is 64.0 Å². The van der Waals surface area contributed by atoms with Gasteiger partial charge in [-0.2, -0.15) is 15.4 Å². The summed E-state index contributed by atoms with van der Waals surface area (Å²) < 4.78 is 5.45. The zero-order valence-corrected chi connectivity index (χ0v) is 14.3. The highest BCUT2D eigenvalue weighted by Crippen LogP contribution is 2.19. The van der Waals surface area contributed by atoms with Crippen LogP contribution in [0, 0.1) is 0 Å². The minimum Gasteiger partial charge on any atom is -0.379 e. The number of pyridine rings is 1. The third kappa shape index (κ3) is 3.56. The molecule has 1 amide bonds. The predicted octanol–water partition coefficient (Wildman–Crippen LogP) is 1.16. The molecule has 8 nitrogen and oxygen atoms in total. The Labute approximate surface area is 150 Å². The summed E-state index contributed by atoms with van der Waals surface area (Å²) in [4.78, 5) is 19.4. The smallest absolute Gasteiger partial charge is 0.251 e. The number of ether oxygens (including phenoxy) is 1. The first-order valence-corrected chi connectivity index (χ1v) is 8.63. The molecule has 2 aromatic heterocycles. The maximum absolute atomic E-state index is 12.6. The minimum atomic E-state index is -0.135. The van der Waals surface area contributed by atoms with Gasteiger partial charge in [0.05, 0.1) is 24.9 Å². The van der Waals surface area contributed by atoms with Crippen molar-refractivity contribution in [3.8, 4) is 0 Å². The van der Waals surface area contributed by atoms with Crippen LogP contribution in [0.3, 0.4) is 0 Å². The summed E-state index contributed by atoms with van der Waals surface area (Å²) in [7, 11) is 0. The van der Waals surface area contributed by atoms with Crippen LogP contribution < -0.4 is 5.32 Å². The van der Waals surface area contributed by atoms with E-state index in [1.807, 2.05) is 18.2 Å². The summed E-state index contributed by atoms with van der Waals surface area (Å²) in [5.74, 6) is -0.135. The van der Waals surface area contributed by atoms with E-state index in [1.54, 1.807) is 24.4 Å². The van der Waals surface area contributed by atoms with Gasteiger partial charge in [-0.15, -0.1) is 0 Å². The van der Waals surface area contributed by atoms with E-state index in [4.69, 9.17) is 4.74 Å². The number of rotatable bonds is 5. The van der Waals surface area contributed by atoms with Gasteiger partial charge in [0.25, 0.3) is 5.91 Å². The first kappa shape index (κ1) is 16.6. The van der Waals surface area contributed by atoms with Gasteiger partial charge in [-0.25, -0.2) is 0 Å². The van der Waals surface area contributed by atoms with E-state index in [-0.39, 0.29) is 11.9 Å². The molecule has 134 valence electrons. The number of aromatic nitrogens is 4. The number of H-pyrrole nitrogens is 1. The molecule has 1 aromatic carbocycles. The number of fused-ring (bicyclic) bond motifs is 1. The predicted molar refractivity (Wildman–Crippen MR) is 95.6 cm³/mol. The minimum absolute atomic E-state index is 0.0137. The van der Waals surface area contributed by atoms with Crippen LogP contribution in [0.1, 0.15) is 22.1 Å². The van der Waals surface area contributed by atoms with Crippen molar-refractivity contribution in [2.75, 3.05) is 32.8 Å². The van der Waals surface area contributed by atoms with Gasteiger partial charge in [-0.3, -0.25) is 14.7 Å². The molecule has 1 saturated heterocycles. The second kappa shape index (κ2) is 7.59. The molecule has 3 heterocycles. The molecule has 3 aromatic rings. The van der Waals surface area contributed by atoms with E-state index in [1.165, 1.54) is 0 Å². The zero-order valence-electron chi connectivity index (χ0n) is 14.3. The fourth-order valence-corrected chi connectivity index (χ4v) is 3.16. The van der Waals surface area contributed by atoms with Gasteiger partial charge in [0.1, 0.15) is 11.0 Å². The molecule has 1 atom stereocenters. The van der Waals surface area contributed by atoms with Gasteiger partial charge >= 0.3 is 0 Å². The highest BCUT2D eigenvalue weighted by molar-refractivity contribution is 5.97. The second-order valence-electron chi connectivity index (χ2n) is 6.16. The molecular formula is C18H20N6O2. The molecule has 26 heavy (non-hydrogen) atoms. The maximum atomic E-state index is 12.6. The number of amides is 1. The van der Waals surface area contributed by atoms with Crippen LogP contribution in [0.5, 0.6) is 0 Å². The fraction of sp³-hybridized carbons (Fsp3) is 0.333. The van der Waals surface area contributed by atoms with Crippen LogP contribution >= 0.6 is 0 Å². The summed E-state index contributed by atoms with van der Waals surface area (Å²) in [5.41, 5.74) is 2.92. The van der Waals surface area contributed by atoms with Crippen molar-refractivity contribution < 1.29 is 9.53 Å². The SMILES string of the molecule is O=C(NC[C@H](c1ccccn1)N1CCOCC1)c1ccc2n[nH]nc2c1. The van der Waals surface area contributed by atoms with Gasteiger partial charge in [0, 0.05) is 31.4 Å². The molecule has 0 unspecified atom stereocenters. The molecule has 0 bridgehead atoms. The number of nitrogens with one attached hydrogen (secondary N) is 2. The third-order valence-electron chi connectivity index (χ3n) is 4.55. The Kier molecular flexibility index (Phi) is 4.85. The number of carbonyl (C=O) groups is 1. The van der Waals surface area contributed by atoms with Crippen molar-refractivity contribution in [2.45, 2.75) is 6.04 Å². The van der Waals surface area contributed by atoms with Crippen molar-refractivity contribution >= 4 is 16.9 Å². The van der Waals surface area contributed by atoms with Crippen LogP contribution in [0.2, 0.25) is 0 Å². The molecule has 8 heteroatoms. The Morgan fingerprint density at radius 1 is 1.19 bits per heavy atom. The normalized spacial score (nSPS) is 16.5. The maximum Gasteiger partial charge on any atom is 0.251 e. The molecule has 1 aliphatic rings. The Morgan fingerprint density at radius 3 is 2.85 bits per heavy atom. The first-order valence-electron chi connectivity index (χ1n) is 8.63. The molecule has 0 saturated carbocycles. The molecule has 1 aliphatic heterocycles. The quantitative estimate of drug-likeness (QED) is 0.715. The van der Waals surface area contributed by atoms with Gasteiger partial charge in [0.2, 0.25) is 0 Å². The van der Waals surface area contributed by atoms with Crippen molar-refractivity contribution in [3.63, 3.8) is 0 Å². The monoisotopic (exact) mass is 352 g/mol. The average Bonchev–Trinajstić information content (AvgIpc) is 3.17. The Bertz CT molecular complexity index is 876. The number of morpholine rings is 1. The number of carbonyl (C=O) groups excluding carboxylic acids is 1. The summed E-state index contributed by atoms with van der Waals surface area (Å²) in [6, 6.07) is 11.1. The van der Waals surface area contributed by atoms with E-state index in [0.29, 0.717) is 30.8 Å². The molecular weight excluding hydrogens is 332 g/mol. The highest BCUT2D eigenvalue weighted by Gasteiger charge is 2.24. The second-order valence-corrected chi connectivity index (χ2v) is 6.16. The first-order chi connectivity index (χ1) is 12.8. The fourth-order valence-electron chi connectivity index (χ4n) is 3.16. The van der Waals surface area contributed by atoms with E-state index >= 15 is 0 Å². The van der Waals surface area contributed by atoms with E-state index in [0.717, 1.165) is 24.3 Å². The van der Waals surface area contributed by atoms with Crippen molar-refractivity contribution in [1.82, 2.24) is 30.6 Å². The topological polar surface area (TPSA) is 96.0 Å². The largest absolute Gasteiger partial charge is 0.379 e. The van der Waals surface area contributed by atoms with Gasteiger partial charge in [0.15, 0.2) is 0 Å². The van der Waals surface area contributed by atoms with E-state index in [9.17, 15) is 4.79 Å². The van der Waals surface area contributed by atoms with Gasteiger partial charge < -0.3 is 10.1 Å². The lowest BCUT2D eigenvalue weighted by Crippen LogP contribution is -2.44. The van der Waals surface area contributed by atoms with Crippen molar-refractivity contribution in [2.24, 2.45) is 0 Å². The molecule has 4 rings (SSSR count). The number of benzene rings is 1.